The number of aliphatic hydroxyl groups is 1. The lowest BCUT2D eigenvalue weighted by molar-refractivity contribution is -0.253. The topological polar surface area (TPSA) is 68.0 Å². The average Bonchev–Trinajstić information content (AvgIpc) is 2.88. The Balaban J connectivity index is 1.54. The Morgan fingerprint density at radius 3 is 2.18 bits per heavy atom. The molecule has 0 bridgehead atoms. The van der Waals surface area contributed by atoms with E-state index in [4.69, 9.17) is 15.2 Å². The third kappa shape index (κ3) is 5.88. The molecule has 0 amide bonds. The van der Waals surface area contributed by atoms with E-state index in [1.807, 2.05) is 54.6 Å². The number of aliphatic hydroxyl groups excluding tert-OH is 1. The number of likely N-dealkylation sites (N-methyl/N-ethyl adjacent to an activating group) is 1. The van der Waals surface area contributed by atoms with E-state index in [1.165, 1.54) is 5.56 Å². The minimum Gasteiger partial charge on any atom is -0.392 e. The summed E-state index contributed by atoms with van der Waals surface area (Å²) in [6.45, 7) is 3.57. The summed E-state index contributed by atoms with van der Waals surface area (Å²) in [6.07, 6.45) is 0.244. The van der Waals surface area contributed by atoms with Gasteiger partial charge in [0.25, 0.3) is 0 Å². The second-order valence-electron chi connectivity index (χ2n) is 8.82. The average molecular weight is 447 g/mol. The van der Waals surface area contributed by atoms with Gasteiger partial charge in [0, 0.05) is 31.1 Å². The van der Waals surface area contributed by atoms with Crippen molar-refractivity contribution >= 4 is 0 Å². The van der Waals surface area contributed by atoms with Crippen LogP contribution in [0.4, 0.5) is 0 Å². The zero-order valence-electron chi connectivity index (χ0n) is 19.4. The van der Waals surface area contributed by atoms with Gasteiger partial charge in [-0.15, -0.1) is 0 Å². The molecule has 0 unspecified atom stereocenters. The van der Waals surface area contributed by atoms with Crippen LogP contribution in [-0.2, 0) is 22.6 Å². The SMILES string of the molecule is C[C@@H](c1ccccc1)N(C)C[C@@H]1C[C@H](c2ccc(CO)cc2)O[C@H](c2ccc(CN)cc2)O1. The number of benzene rings is 3. The van der Waals surface area contributed by atoms with Crippen molar-refractivity contribution in [1.29, 1.82) is 0 Å². The molecule has 4 atom stereocenters. The van der Waals surface area contributed by atoms with E-state index in [0.717, 1.165) is 35.2 Å². The standard InChI is InChI=1S/C28H34N2O3/c1-20(23-6-4-3-5-7-23)30(2)18-26-16-27(24-12-10-22(19-31)11-13-24)33-28(32-26)25-14-8-21(17-29)9-15-25/h3-15,20,26-28,31H,16-19,29H2,1-2H3/t20-,26-,27+,28+/m0/s1. The van der Waals surface area contributed by atoms with Gasteiger partial charge in [-0.25, -0.2) is 0 Å². The van der Waals surface area contributed by atoms with E-state index in [9.17, 15) is 5.11 Å². The predicted molar refractivity (Wildman–Crippen MR) is 130 cm³/mol. The normalized spacial score (nSPS) is 21.8. The molecule has 5 nitrogen and oxygen atoms in total. The summed E-state index contributed by atoms with van der Waals surface area (Å²) in [5.74, 6) is 0. The molecule has 1 heterocycles. The molecule has 4 rings (SSSR count). The summed E-state index contributed by atoms with van der Waals surface area (Å²) < 4.78 is 12.9. The maximum absolute atomic E-state index is 9.39. The molecular formula is C28H34N2O3. The fraction of sp³-hybridized carbons (Fsp3) is 0.357. The van der Waals surface area contributed by atoms with Crippen LogP contribution < -0.4 is 5.73 Å². The number of rotatable bonds is 8. The Morgan fingerprint density at radius 2 is 1.55 bits per heavy atom. The van der Waals surface area contributed by atoms with Gasteiger partial charge in [-0.3, -0.25) is 4.90 Å². The van der Waals surface area contributed by atoms with Crippen molar-refractivity contribution in [2.45, 2.75) is 51.0 Å². The minimum atomic E-state index is -0.446. The Morgan fingerprint density at radius 1 is 0.909 bits per heavy atom. The number of nitrogens with zero attached hydrogens (tertiary/aromatic N) is 1. The van der Waals surface area contributed by atoms with Crippen molar-refractivity contribution < 1.29 is 14.6 Å². The molecule has 3 aromatic carbocycles. The zero-order chi connectivity index (χ0) is 23.2. The largest absolute Gasteiger partial charge is 0.392 e. The Bertz CT molecular complexity index is 936. The van der Waals surface area contributed by atoms with Gasteiger partial charge in [0.2, 0.25) is 0 Å². The molecule has 0 saturated carbocycles. The highest BCUT2D eigenvalue weighted by atomic mass is 16.7. The smallest absolute Gasteiger partial charge is 0.184 e. The molecule has 174 valence electrons. The maximum atomic E-state index is 9.39. The second kappa shape index (κ2) is 11.1. The molecule has 0 spiro atoms. The van der Waals surface area contributed by atoms with Crippen LogP contribution in [0.25, 0.3) is 0 Å². The second-order valence-corrected chi connectivity index (χ2v) is 8.82. The van der Waals surface area contributed by atoms with E-state index >= 15 is 0 Å². The van der Waals surface area contributed by atoms with Gasteiger partial charge in [-0.1, -0.05) is 78.9 Å². The van der Waals surface area contributed by atoms with E-state index in [0.29, 0.717) is 6.54 Å². The number of hydrogen-bond acceptors (Lipinski definition) is 5. The van der Waals surface area contributed by atoms with Crippen LogP contribution in [0.1, 0.15) is 59.6 Å². The van der Waals surface area contributed by atoms with Crippen molar-refractivity contribution in [3.05, 3.63) is 107 Å². The van der Waals surface area contributed by atoms with Crippen LogP contribution in [0.15, 0.2) is 78.9 Å². The van der Waals surface area contributed by atoms with E-state index in [1.54, 1.807) is 0 Å². The van der Waals surface area contributed by atoms with E-state index in [2.05, 4.69) is 43.1 Å². The molecule has 0 aromatic heterocycles. The van der Waals surface area contributed by atoms with E-state index < -0.39 is 6.29 Å². The fourth-order valence-corrected chi connectivity index (χ4v) is 4.31. The Hall–Kier alpha value is -2.54. The van der Waals surface area contributed by atoms with Gasteiger partial charge in [0.1, 0.15) is 0 Å². The number of ether oxygens (including phenoxy) is 2. The van der Waals surface area contributed by atoms with Crippen molar-refractivity contribution in [3.8, 4) is 0 Å². The molecular weight excluding hydrogens is 412 g/mol. The Labute approximate surface area is 196 Å². The molecule has 1 saturated heterocycles. The molecule has 1 fully saturated rings. The molecule has 0 aliphatic carbocycles. The van der Waals surface area contributed by atoms with Gasteiger partial charge < -0.3 is 20.3 Å². The van der Waals surface area contributed by atoms with Crippen LogP contribution in [-0.4, -0.2) is 29.7 Å². The summed E-state index contributed by atoms with van der Waals surface area (Å²) in [5.41, 5.74) is 11.1. The maximum Gasteiger partial charge on any atom is 0.184 e. The zero-order valence-corrected chi connectivity index (χ0v) is 19.4. The van der Waals surface area contributed by atoms with Crippen LogP contribution in [0.3, 0.4) is 0 Å². The van der Waals surface area contributed by atoms with Crippen molar-refractivity contribution in [2.24, 2.45) is 5.73 Å². The third-order valence-electron chi connectivity index (χ3n) is 6.54. The Kier molecular flexibility index (Phi) is 7.91. The predicted octanol–water partition coefficient (Wildman–Crippen LogP) is 4.88. The molecule has 33 heavy (non-hydrogen) atoms. The third-order valence-corrected chi connectivity index (χ3v) is 6.54. The number of hydrogen-bond donors (Lipinski definition) is 2. The van der Waals surface area contributed by atoms with Gasteiger partial charge in [-0.05, 0) is 36.2 Å². The molecule has 0 radical (unpaired) electrons. The summed E-state index contributed by atoms with van der Waals surface area (Å²) in [4.78, 5) is 2.34. The molecule has 1 aliphatic heterocycles. The molecule has 3 aromatic rings. The van der Waals surface area contributed by atoms with Crippen LogP contribution in [0.5, 0.6) is 0 Å². The van der Waals surface area contributed by atoms with Gasteiger partial charge in [-0.2, -0.15) is 0 Å². The quantitative estimate of drug-likeness (QED) is 0.516. The van der Waals surface area contributed by atoms with E-state index in [-0.39, 0.29) is 24.9 Å². The van der Waals surface area contributed by atoms with Crippen molar-refractivity contribution in [2.75, 3.05) is 13.6 Å². The molecule has 3 N–H and O–H groups in total. The minimum absolute atomic E-state index is 0.0108. The highest BCUT2D eigenvalue weighted by Gasteiger charge is 2.33. The summed E-state index contributed by atoms with van der Waals surface area (Å²) >= 11 is 0. The highest BCUT2D eigenvalue weighted by molar-refractivity contribution is 5.26. The van der Waals surface area contributed by atoms with Crippen LogP contribution in [0.2, 0.25) is 0 Å². The lowest BCUT2D eigenvalue weighted by atomic mass is 9.99. The monoisotopic (exact) mass is 446 g/mol. The first-order chi connectivity index (χ1) is 16.1. The first-order valence-electron chi connectivity index (χ1n) is 11.6. The lowest BCUT2D eigenvalue weighted by Gasteiger charge is -2.39. The fourth-order valence-electron chi connectivity index (χ4n) is 4.31. The van der Waals surface area contributed by atoms with Crippen LogP contribution >= 0.6 is 0 Å². The summed E-state index contributed by atoms with van der Waals surface area (Å²) in [5, 5.41) is 9.39. The molecule has 5 heteroatoms. The van der Waals surface area contributed by atoms with Gasteiger partial charge in [0.15, 0.2) is 6.29 Å². The lowest BCUT2D eigenvalue weighted by Crippen LogP contribution is -2.38. The van der Waals surface area contributed by atoms with Crippen LogP contribution in [0, 0.1) is 0 Å². The number of nitrogens with two attached hydrogens (primary N) is 1. The summed E-state index contributed by atoms with van der Waals surface area (Å²) in [6, 6.07) is 27.0. The highest BCUT2D eigenvalue weighted by Crippen LogP contribution is 2.38. The van der Waals surface area contributed by atoms with Crippen molar-refractivity contribution in [3.63, 3.8) is 0 Å². The van der Waals surface area contributed by atoms with Gasteiger partial charge >= 0.3 is 0 Å². The van der Waals surface area contributed by atoms with Gasteiger partial charge in [0.05, 0.1) is 18.8 Å². The summed E-state index contributed by atoms with van der Waals surface area (Å²) in [7, 11) is 2.15. The first-order valence-corrected chi connectivity index (χ1v) is 11.6. The van der Waals surface area contributed by atoms with Crippen molar-refractivity contribution in [1.82, 2.24) is 4.90 Å². The molecule has 1 aliphatic rings. The first kappa shape index (κ1) is 23.6.